The van der Waals surface area contributed by atoms with Gasteiger partial charge < -0.3 is 15.3 Å². The molecule has 10 atom stereocenters. The molecule has 0 unspecified atom stereocenters. The van der Waals surface area contributed by atoms with Crippen LogP contribution in [0.1, 0.15) is 73.1 Å². The molecule has 0 aliphatic heterocycles. The SMILES string of the molecule is CN[C@@H](C)[C@H]1[C@H](O)C[C@@]2(C)[C@@H]3CC[C@H]4C(C)(C)[C@@H](N(C)C)C=C[C@@]45C[C@@]35CC[C@]12C. The molecular weight excluding hydrogens is 368 g/mol. The first-order valence-electron chi connectivity index (χ1n) is 12.6. The van der Waals surface area contributed by atoms with E-state index in [-0.39, 0.29) is 16.9 Å². The first-order valence-corrected chi connectivity index (χ1v) is 12.6. The van der Waals surface area contributed by atoms with Gasteiger partial charge in [-0.15, -0.1) is 0 Å². The van der Waals surface area contributed by atoms with E-state index in [0.717, 1.165) is 18.3 Å². The van der Waals surface area contributed by atoms with Gasteiger partial charge in [-0.3, -0.25) is 0 Å². The Labute approximate surface area is 185 Å². The van der Waals surface area contributed by atoms with Crippen molar-refractivity contribution in [1.29, 1.82) is 0 Å². The average molecular weight is 415 g/mol. The fourth-order valence-corrected chi connectivity index (χ4v) is 10.8. The van der Waals surface area contributed by atoms with Gasteiger partial charge in [0, 0.05) is 18.0 Å². The predicted octanol–water partition coefficient (Wildman–Crippen LogP) is 4.71. The molecule has 0 bridgehead atoms. The van der Waals surface area contributed by atoms with Crippen molar-refractivity contribution in [2.75, 3.05) is 21.1 Å². The fraction of sp³-hybridized carbons (Fsp3) is 0.926. The Balaban J connectivity index is 1.55. The van der Waals surface area contributed by atoms with Gasteiger partial charge in [0.25, 0.3) is 0 Å². The number of rotatable bonds is 3. The summed E-state index contributed by atoms with van der Waals surface area (Å²) in [7, 11) is 6.57. The van der Waals surface area contributed by atoms with Gasteiger partial charge in [-0.05, 0) is 106 Å². The second-order valence-corrected chi connectivity index (χ2v) is 13.4. The van der Waals surface area contributed by atoms with E-state index < -0.39 is 0 Å². The number of nitrogens with one attached hydrogen (secondary N) is 1. The third-order valence-corrected chi connectivity index (χ3v) is 12.2. The topological polar surface area (TPSA) is 35.5 Å². The number of nitrogens with zero attached hydrogens (tertiary/aromatic N) is 1. The molecule has 0 aromatic heterocycles. The van der Waals surface area contributed by atoms with E-state index in [0.29, 0.717) is 34.2 Å². The lowest BCUT2D eigenvalue weighted by molar-refractivity contribution is -0.129. The summed E-state index contributed by atoms with van der Waals surface area (Å²) in [4.78, 5) is 2.43. The van der Waals surface area contributed by atoms with E-state index in [1.165, 1.54) is 32.1 Å². The van der Waals surface area contributed by atoms with Crippen LogP contribution in [0, 0.1) is 44.8 Å². The molecule has 0 radical (unpaired) electrons. The zero-order chi connectivity index (χ0) is 21.9. The lowest BCUT2D eigenvalue weighted by Crippen LogP contribution is -2.58. The Morgan fingerprint density at radius 2 is 1.70 bits per heavy atom. The van der Waals surface area contributed by atoms with Crippen LogP contribution in [-0.4, -0.2) is 49.3 Å². The largest absolute Gasteiger partial charge is 0.393 e. The van der Waals surface area contributed by atoms with Crippen LogP contribution in [0.5, 0.6) is 0 Å². The predicted molar refractivity (Wildman–Crippen MR) is 124 cm³/mol. The van der Waals surface area contributed by atoms with Crippen LogP contribution in [0.4, 0.5) is 0 Å². The van der Waals surface area contributed by atoms with Gasteiger partial charge in [0.2, 0.25) is 0 Å². The summed E-state index contributed by atoms with van der Waals surface area (Å²) in [5.74, 6) is 1.93. The number of aliphatic hydroxyl groups is 1. The fourth-order valence-electron chi connectivity index (χ4n) is 10.8. The van der Waals surface area contributed by atoms with E-state index in [1.807, 2.05) is 0 Å². The van der Waals surface area contributed by atoms with Crippen LogP contribution in [0.15, 0.2) is 12.2 Å². The van der Waals surface area contributed by atoms with Crippen molar-refractivity contribution in [3.05, 3.63) is 12.2 Å². The summed E-state index contributed by atoms with van der Waals surface area (Å²) in [5, 5.41) is 14.8. The summed E-state index contributed by atoms with van der Waals surface area (Å²) in [5.41, 5.74) is 1.74. The lowest BCUT2D eigenvalue weighted by Gasteiger charge is -2.62. The second-order valence-electron chi connectivity index (χ2n) is 13.4. The van der Waals surface area contributed by atoms with Crippen molar-refractivity contribution in [2.24, 2.45) is 44.8 Å². The van der Waals surface area contributed by atoms with Crippen LogP contribution in [0.25, 0.3) is 0 Å². The molecule has 30 heavy (non-hydrogen) atoms. The lowest BCUT2D eigenvalue weighted by atomic mass is 9.42. The second kappa shape index (κ2) is 6.14. The van der Waals surface area contributed by atoms with Crippen molar-refractivity contribution in [3.8, 4) is 0 Å². The highest BCUT2D eigenvalue weighted by Gasteiger charge is 2.82. The number of likely N-dealkylation sites (N-methyl/N-ethyl adjacent to an activating group) is 1. The summed E-state index contributed by atoms with van der Waals surface area (Å²) < 4.78 is 0. The molecule has 0 aromatic rings. The monoisotopic (exact) mass is 414 g/mol. The molecule has 4 fully saturated rings. The van der Waals surface area contributed by atoms with Gasteiger partial charge in [-0.25, -0.2) is 0 Å². The van der Waals surface area contributed by atoms with E-state index >= 15 is 0 Å². The smallest absolute Gasteiger partial charge is 0.0594 e. The molecule has 0 heterocycles. The van der Waals surface area contributed by atoms with Crippen molar-refractivity contribution in [2.45, 2.75) is 91.3 Å². The molecule has 5 aliphatic rings. The van der Waals surface area contributed by atoms with E-state index in [4.69, 9.17) is 0 Å². The van der Waals surface area contributed by atoms with Crippen molar-refractivity contribution < 1.29 is 5.11 Å². The van der Waals surface area contributed by atoms with Gasteiger partial charge in [-0.2, -0.15) is 0 Å². The highest BCUT2D eigenvalue weighted by molar-refractivity contribution is 5.38. The maximum atomic E-state index is 11.3. The number of hydrogen-bond acceptors (Lipinski definition) is 3. The quantitative estimate of drug-likeness (QED) is 0.657. The zero-order valence-electron chi connectivity index (χ0n) is 20.8. The number of aliphatic hydroxyl groups excluding tert-OH is 1. The average Bonchev–Trinajstić information content (AvgIpc) is 3.26. The molecular formula is C27H46N2O. The molecule has 3 heteroatoms. The van der Waals surface area contributed by atoms with Crippen LogP contribution >= 0.6 is 0 Å². The Morgan fingerprint density at radius 1 is 1.03 bits per heavy atom. The number of hydrogen-bond donors (Lipinski definition) is 2. The van der Waals surface area contributed by atoms with Gasteiger partial charge in [-0.1, -0.05) is 39.8 Å². The molecule has 3 nitrogen and oxygen atoms in total. The molecule has 170 valence electrons. The molecule has 5 rings (SSSR count). The summed E-state index contributed by atoms with van der Waals surface area (Å²) in [6.07, 6.45) is 12.9. The Morgan fingerprint density at radius 3 is 2.33 bits per heavy atom. The van der Waals surface area contributed by atoms with Crippen LogP contribution in [0.2, 0.25) is 0 Å². The van der Waals surface area contributed by atoms with Crippen LogP contribution in [0.3, 0.4) is 0 Å². The minimum Gasteiger partial charge on any atom is -0.393 e. The third kappa shape index (κ3) is 2.19. The minimum absolute atomic E-state index is 0.165. The van der Waals surface area contributed by atoms with Crippen molar-refractivity contribution in [1.82, 2.24) is 10.2 Å². The maximum Gasteiger partial charge on any atom is 0.0594 e. The highest BCUT2D eigenvalue weighted by Crippen LogP contribution is 2.88. The molecule has 2 N–H and O–H groups in total. The Kier molecular flexibility index (Phi) is 4.39. The van der Waals surface area contributed by atoms with Gasteiger partial charge >= 0.3 is 0 Å². The molecule has 2 spiro atoms. The molecule has 5 aliphatic carbocycles. The molecule has 0 aromatic carbocycles. The normalized spacial score (nSPS) is 56.7. The summed E-state index contributed by atoms with van der Waals surface area (Å²) in [6.45, 7) is 12.5. The third-order valence-electron chi connectivity index (χ3n) is 12.2. The maximum absolute atomic E-state index is 11.3. The van der Waals surface area contributed by atoms with Gasteiger partial charge in [0.1, 0.15) is 0 Å². The van der Waals surface area contributed by atoms with Gasteiger partial charge in [0.15, 0.2) is 0 Å². The van der Waals surface area contributed by atoms with E-state index in [9.17, 15) is 5.11 Å². The van der Waals surface area contributed by atoms with E-state index in [1.54, 1.807) is 0 Å². The Bertz CT molecular complexity index is 760. The van der Waals surface area contributed by atoms with Crippen LogP contribution in [-0.2, 0) is 0 Å². The van der Waals surface area contributed by atoms with Crippen molar-refractivity contribution >= 4 is 0 Å². The minimum atomic E-state index is -0.165. The Hall–Kier alpha value is -0.380. The molecule has 0 amide bonds. The van der Waals surface area contributed by atoms with Crippen molar-refractivity contribution in [3.63, 3.8) is 0 Å². The highest BCUT2D eigenvalue weighted by atomic mass is 16.3. The first kappa shape index (κ1) is 21.5. The zero-order valence-corrected chi connectivity index (χ0v) is 20.8. The first-order chi connectivity index (χ1) is 13.9. The molecule has 4 saturated carbocycles. The van der Waals surface area contributed by atoms with Crippen LogP contribution < -0.4 is 5.32 Å². The van der Waals surface area contributed by atoms with Gasteiger partial charge in [0.05, 0.1) is 6.10 Å². The van der Waals surface area contributed by atoms with E-state index in [2.05, 4.69) is 78.1 Å². The summed E-state index contributed by atoms with van der Waals surface area (Å²) in [6, 6.07) is 0.917. The number of fused-ring (bicyclic) bond motifs is 2. The number of allylic oxidation sites excluding steroid dienone is 1. The summed E-state index contributed by atoms with van der Waals surface area (Å²) >= 11 is 0. The standard InChI is InChI=1S/C27H46N2O/c1-17(28-6)22-18(30)15-25(5)20-10-9-19-23(2,3)21(29(7)8)11-12-26(19)16-27(20,26)14-13-24(22,25)4/h11-12,17-22,28,30H,9-10,13-16H2,1-8H3/t17-,18+,19-,20-,21-,22-,24+,25-,26+,27-/m0/s1. The molecule has 0 saturated heterocycles.